The average Bonchev–Trinajstić information content (AvgIpc) is 3.52. The van der Waals surface area contributed by atoms with Crippen LogP contribution in [0.5, 0.6) is 5.75 Å². The predicted molar refractivity (Wildman–Crippen MR) is 158 cm³/mol. The number of aromatic carboxylic acids is 1. The molecule has 2 aromatic carbocycles. The Balaban J connectivity index is 1.59. The van der Waals surface area contributed by atoms with Crippen molar-refractivity contribution < 1.29 is 28.6 Å². The van der Waals surface area contributed by atoms with Crippen LogP contribution in [0.2, 0.25) is 0 Å². The molecule has 1 N–H and O–H groups in total. The van der Waals surface area contributed by atoms with Gasteiger partial charge in [-0.15, -0.1) is 0 Å². The van der Waals surface area contributed by atoms with Crippen LogP contribution in [-0.2, 0) is 9.53 Å². The molecule has 0 radical (unpaired) electrons. The normalized spacial score (nSPS) is 15.0. The Morgan fingerprint density at radius 2 is 1.86 bits per heavy atom. The molecule has 4 aromatic rings. The maximum absolute atomic E-state index is 13.9. The molecule has 42 heavy (non-hydrogen) atoms. The lowest BCUT2D eigenvalue weighted by Gasteiger charge is -2.25. The highest BCUT2D eigenvalue weighted by Crippen LogP contribution is 2.32. The second kappa shape index (κ2) is 11.7. The van der Waals surface area contributed by atoms with Crippen molar-refractivity contribution in [2.75, 3.05) is 6.61 Å². The van der Waals surface area contributed by atoms with Crippen molar-refractivity contribution >= 4 is 29.4 Å². The number of allylic oxidation sites excluding steroid dienone is 1. The van der Waals surface area contributed by atoms with Crippen LogP contribution in [0.1, 0.15) is 61.0 Å². The fourth-order valence-electron chi connectivity index (χ4n) is 4.89. The fourth-order valence-corrected chi connectivity index (χ4v) is 5.91. The lowest BCUT2D eigenvalue weighted by atomic mass is 9.96. The number of nitrogens with zero attached hydrogens (tertiary/aromatic N) is 2. The molecule has 1 aliphatic heterocycles. The molecule has 9 nitrogen and oxygen atoms in total. The van der Waals surface area contributed by atoms with Gasteiger partial charge in [-0.1, -0.05) is 29.5 Å². The van der Waals surface area contributed by atoms with Gasteiger partial charge < -0.3 is 19.0 Å². The Morgan fingerprint density at radius 1 is 1.12 bits per heavy atom. The molecule has 5 rings (SSSR count). The summed E-state index contributed by atoms with van der Waals surface area (Å²) in [5.41, 5.74) is 2.88. The number of rotatable bonds is 8. The zero-order chi connectivity index (χ0) is 30.1. The van der Waals surface area contributed by atoms with Gasteiger partial charge in [-0.2, -0.15) is 0 Å². The number of aryl methyl sites for hydroxylation is 1. The third-order valence-corrected chi connectivity index (χ3v) is 7.71. The molecule has 2 aromatic heterocycles. The van der Waals surface area contributed by atoms with Crippen molar-refractivity contribution in [2.45, 2.75) is 46.8 Å². The lowest BCUT2D eigenvalue weighted by Crippen LogP contribution is -2.39. The molecule has 0 saturated heterocycles. The Morgan fingerprint density at radius 3 is 2.50 bits per heavy atom. The standard InChI is InChI=1S/C32H30N2O7S/c1-6-39-31(38)27-19(5)33-32-34(28(27)20-7-10-22(11-8-20)40-17(2)3)29(35)26(42-32)16-23-12-14-25(41-23)24-13-9-21(30(36)37)15-18(24)4/h7-17,28H,6H2,1-5H3,(H,36,37)/b26-16-/t28-/m0/s1. The molecule has 1 atom stereocenters. The van der Waals surface area contributed by atoms with Crippen molar-refractivity contribution in [2.24, 2.45) is 4.99 Å². The maximum atomic E-state index is 13.9. The number of benzene rings is 2. The van der Waals surface area contributed by atoms with E-state index in [2.05, 4.69) is 4.99 Å². The Hall–Kier alpha value is -4.70. The third-order valence-electron chi connectivity index (χ3n) is 6.72. The molecule has 3 heterocycles. The highest BCUT2D eigenvalue weighted by Gasteiger charge is 2.33. The zero-order valence-electron chi connectivity index (χ0n) is 23.8. The van der Waals surface area contributed by atoms with Crippen LogP contribution < -0.4 is 19.6 Å². The van der Waals surface area contributed by atoms with E-state index in [1.807, 2.05) is 45.0 Å². The van der Waals surface area contributed by atoms with E-state index < -0.39 is 18.0 Å². The summed E-state index contributed by atoms with van der Waals surface area (Å²) in [6.07, 6.45) is 1.65. The summed E-state index contributed by atoms with van der Waals surface area (Å²) in [7, 11) is 0. The largest absolute Gasteiger partial charge is 0.491 e. The van der Waals surface area contributed by atoms with Crippen LogP contribution in [0.3, 0.4) is 0 Å². The van der Waals surface area contributed by atoms with Crippen molar-refractivity contribution in [3.05, 3.63) is 108 Å². The van der Waals surface area contributed by atoms with Crippen LogP contribution >= 0.6 is 11.3 Å². The first kappa shape index (κ1) is 28.8. The van der Waals surface area contributed by atoms with Gasteiger partial charge in [-0.3, -0.25) is 9.36 Å². The maximum Gasteiger partial charge on any atom is 0.338 e. The molecule has 10 heteroatoms. The van der Waals surface area contributed by atoms with Crippen LogP contribution in [0.4, 0.5) is 0 Å². The fraction of sp³-hybridized carbons (Fsp3) is 0.250. The topological polar surface area (TPSA) is 120 Å². The SMILES string of the molecule is CCOC(=O)C1=C(C)N=c2s/c(=C\c3ccc(-c4ccc(C(=O)O)cc4C)o3)c(=O)n2[C@H]1c1ccc(OC(C)C)cc1. The summed E-state index contributed by atoms with van der Waals surface area (Å²) >= 11 is 1.20. The minimum atomic E-state index is -1.00. The van der Waals surface area contributed by atoms with E-state index in [1.165, 1.54) is 22.0 Å². The van der Waals surface area contributed by atoms with E-state index in [0.717, 1.165) is 16.7 Å². The monoisotopic (exact) mass is 586 g/mol. The predicted octanol–water partition coefficient (Wildman–Crippen LogP) is 4.85. The average molecular weight is 587 g/mol. The molecule has 1 aliphatic rings. The number of carbonyl (C=O) groups excluding carboxylic acids is 1. The smallest absolute Gasteiger partial charge is 0.338 e. The van der Waals surface area contributed by atoms with Gasteiger partial charge in [0.05, 0.1) is 40.1 Å². The Kier molecular flexibility index (Phi) is 8.00. The first-order valence-corrected chi connectivity index (χ1v) is 14.3. The number of carboxylic acids is 1. The van der Waals surface area contributed by atoms with Crippen molar-refractivity contribution in [3.63, 3.8) is 0 Å². The van der Waals surface area contributed by atoms with Crippen molar-refractivity contribution in [1.29, 1.82) is 0 Å². The summed E-state index contributed by atoms with van der Waals surface area (Å²) < 4.78 is 19.1. The van der Waals surface area contributed by atoms with E-state index in [1.54, 1.807) is 44.2 Å². The first-order valence-electron chi connectivity index (χ1n) is 13.5. The quantitative estimate of drug-likeness (QED) is 0.293. The molecular weight excluding hydrogens is 556 g/mol. The number of hydrogen-bond acceptors (Lipinski definition) is 8. The van der Waals surface area contributed by atoms with Crippen molar-refractivity contribution in [1.82, 2.24) is 4.57 Å². The van der Waals surface area contributed by atoms with Crippen LogP contribution in [0.15, 0.2) is 80.1 Å². The number of fused-ring (bicyclic) bond motifs is 1. The molecule has 0 spiro atoms. The zero-order valence-corrected chi connectivity index (χ0v) is 24.7. The molecule has 0 bridgehead atoms. The molecule has 0 amide bonds. The van der Waals surface area contributed by atoms with Gasteiger partial charge in [0.2, 0.25) is 0 Å². The van der Waals surface area contributed by atoms with E-state index in [-0.39, 0.29) is 23.8 Å². The van der Waals surface area contributed by atoms with E-state index in [0.29, 0.717) is 37.9 Å². The molecule has 0 unspecified atom stereocenters. The Labute approximate surface area is 245 Å². The van der Waals surface area contributed by atoms with Crippen molar-refractivity contribution in [3.8, 4) is 17.1 Å². The van der Waals surface area contributed by atoms with Gasteiger partial charge in [0.25, 0.3) is 5.56 Å². The van der Waals surface area contributed by atoms with Gasteiger partial charge in [0.15, 0.2) is 4.80 Å². The van der Waals surface area contributed by atoms with Crippen LogP contribution in [-0.4, -0.2) is 34.3 Å². The van der Waals surface area contributed by atoms with Gasteiger partial charge in [0.1, 0.15) is 17.3 Å². The van der Waals surface area contributed by atoms with Gasteiger partial charge >= 0.3 is 11.9 Å². The molecule has 0 fully saturated rings. The van der Waals surface area contributed by atoms with Gasteiger partial charge in [-0.05, 0) is 82.1 Å². The number of aromatic nitrogens is 1. The first-order chi connectivity index (χ1) is 20.1. The summed E-state index contributed by atoms with van der Waals surface area (Å²) in [5, 5.41) is 9.26. The number of carboxylic acid groups (broad SMARTS) is 1. The number of carbonyl (C=O) groups is 2. The molecule has 0 saturated carbocycles. The number of furan rings is 1. The summed E-state index contributed by atoms with van der Waals surface area (Å²) in [4.78, 5) is 43.3. The second-order valence-electron chi connectivity index (χ2n) is 10.1. The lowest BCUT2D eigenvalue weighted by molar-refractivity contribution is -0.139. The number of thiazole rings is 1. The van der Waals surface area contributed by atoms with Crippen LogP contribution in [0, 0.1) is 6.92 Å². The highest BCUT2D eigenvalue weighted by atomic mass is 32.1. The van der Waals surface area contributed by atoms with Crippen LogP contribution in [0.25, 0.3) is 17.4 Å². The Bertz CT molecular complexity index is 1890. The van der Waals surface area contributed by atoms with Gasteiger partial charge in [0, 0.05) is 11.6 Å². The number of ether oxygens (including phenoxy) is 2. The molecule has 216 valence electrons. The third kappa shape index (κ3) is 5.58. The minimum Gasteiger partial charge on any atom is -0.491 e. The number of hydrogen-bond donors (Lipinski definition) is 1. The van der Waals surface area contributed by atoms with E-state index >= 15 is 0 Å². The summed E-state index contributed by atoms with van der Waals surface area (Å²) in [6.45, 7) is 9.35. The van der Waals surface area contributed by atoms with E-state index in [9.17, 15) is 19.5 Å². The van der Waals surface area contributed by atoms with Gasteiger partial charge in [-0.25, -0.2) is 14.6 Å². The summed E-state index contributed by atoms with van der Waals surface area (Å²) in [6, 6.07) is 14.9. The number of esters is 1. The minimum absolute atomic E-state index is 0.000825. The highest BCUT2D eigenvalue weighted by molar-refractivity contribution is 7.07. The second-order valence-corrected chi connectivity index (χ2v) is 11.1. The molecule has 0 aliphatic carbocycles. The summed E-state index contributed by atoms with van der Waals surface area (Å²) in [5.74, 6) is 0.150. The molecular formula is C32H30N2O7S. The van der Waals surface area contributed by atoms with E-state index in [4.69, 9.17) is 13.9 Å².